The molecular weight excluding hydrogens is 220 g/mol. The number of nitrogens with one attached hydrogen (secondary N) is 1. The third-order valence-corrected chi connectivity index (χ3v) is 2.24. The molecule has 0 spiro atoms. The van der Waals surface area contributed by atoms with E-state index in [0.29, 0.717) is 6.61 Å². The number of ether oxygens (including phenoxy) is 1. The number of carbonyl (C=O) groups is 1. The maximum Gasteiger partial charge on any atom is 0.325 e. The number of hydrogen-bond donors (Lipinski definition) is 1. The minimum absolute atomic E-state index is 0.117. The van der Waals surface area contributed by atoms with Gasteiger partial charge in [0.1, 0.15) is 18.7 Å². The predicted molar refractivity (Wildman–Crippen MR) is 62.8 cm³/mol. The lowest BCUT2D eigenvalue weighted by atomic mass is 10.3. The summed E-state index contributed by atoms with van der Waals surface area (Å²) in [6, 6.07) is 3.82. The van der Waals surface area contributed by atoms with Gasteiger partial charge in [-0.2, -0.15) is 9.61 Å². The summed E-state index contributed by atoms with van der Waals surface area (Å²) in [6.07, 6.45) is 1.48. The highest BCUT2D eigenvalue weighted by Gasteiger charge is 2.06. The summed E-state index contributed by atoms with van der Waals surface area (Å²) in [6.45, 7) is 4.24. The number of pyridine rings is 1. The Morgan fingerprint density at radius 2 is 2.35 bits per heavy atom. The summed E-state index contributed by atoms with van der Waals surface area (Å²) < 4.78 is 6.49. The van der Waals surface area contributed by atoms with Crippen molar-refractivity contribution in [2.24, 2.45) is 0 Å². The van der Waals surface area contributed by atoms with Gasteiger partial charge in [0, 0.05) is 0 Å². The lowest BCUT2D eigenvalue weighted by Crippen LogP contribution is -2.18. The number of anilines is 1. The second-order valence-electron chi connectivity index (χ2n) is 3.61. The fourth-order valence-electron chi connectivity index (χ4n) is 1.56. The maximum absolute atomic E-state index is 11.2. The van der Waals surface area contributed by atoms with Crippen molar-refractivity contribution in [1.82, 2.24) is 14.6 Å². The van der Waals surface area contributed by atoms with Gasteiger partial charge < -0.3 is 10.1 Å². The molecule has 2 heterocycles. The Morgan fingerprint density at radius 1 is 1.53 bits per heavy atom. The Bertz CT molecular complexity index is 535. The number of aromatic nitrogens is 3. The average molecular weight is 234 g/mol. The molecule has 0 unspecified atom stereocenters. The number of nitrogens with zero attached hydrogens (tertiary/aromatic N) is 3. The highest BCUT2D eigenvalue weighted by molar-refractivity contribution is 5.74. The van der Waals surface area contributed by atoms with Gasteiger partial charge >= 0.3 is 5.97 Å². The fourth-order valence-corrected chi connectivity index (χ4v) is 1.56. The zero-order chi connectivity index (χ0) is 12.3. The Labute approximate surface area is 98.6 Å². The van der Waals surface area contributed by atoms with Gasteiger partial charge in [-0.15, -0.1) is 0 Å². The Morgan fingerprint density at radius 3 is 3.12 bits per heavy atom. The van der Waals surface area contributed by atoms with E-state index in [4.69, 9.17) is 4.74 Å². The second-order valence-corrected chi connectivity index (χ2v) is 3.61. The quantitative estimate of drug-likeness (QED) is 0.800. The summed E-state index contributed by atoms with van der Waals surface area (Å²) >= 11 is 0. The van der Waals surface area contributed by atoms with Crippen molar-refractivity contribution >= 4 is 17.4 Å². The molecule has 0 aliphatic heterocycles. The van der Waals surface area contributed by atoms with Crippen LogP contribution in [0.4, 0.5) is 5.82 Å². The van der Waals surface area contributed by atoms with Crippen LogP contribution in [0.5, 0.6) is 0 Å². The van der Waals surface area contributed by atoms with Crippen molar-refractivity contribution in [2.75, 3.05) is 18.5 Å². The Balaban J connectivity index is 2.17. The fraction of sp³-hybridized carbons (Fsp3) is 0.364. The molecule has 2 rings (SSSR count). The van der Waals surface area contributed by atoms with E-state index in [0.717, 1.165) is 17.0 Å². The lowest BCUT2D eigenvalue weighted by molar-refractivity contribution is -0.140. The Hall–Kier alpha value is -2.11. The maximum atomic E-state index is 11.2. The van der Waals surface area contributed by atoms with E-state index in [2.05, 4.69) is 15.4 Å². The molecule has 0 radical (unpaired) electrons. The first-order valence-corrected chi connectivity index (χ1v) is 5.40. The van der Waals surface area contributed by atoms with Crippen LogP contribution in [0.25, 0.3) is 5.65 Å². The van der Waals surface area contributed by atoms with Gasteiger partial charge in [0.05, 0.1) is 6.61 Å². The standard InChI is InChI=1S/C11H14N4O2/c1-3-17-11(16)6-12-9-4-8(2)5-10-13-7-14-15(9)10/h4-5,7,12H,3,6H2,1-2H3. The van der Waals surface area contributed by atoms with Gasteiger partial charge in [-0.3, -0.25) is 4.79 Å². The smallest absolute Gasteiger partial charge is 0.325 e. The van der Waals surface area contributed by atoms with E-state index in [9.17, 15) is 4.79 Å². The molecule has 1 N–H and O–H groups in total. The highest BCUT2D eigenvalue weighted by Crippen LogP contribution is 2.12. The zero-order valence-corrected chi connectivity index (χ0v) is 9.80. The van der Waals surface area contributed by atoms with Gasteiger partial charge in [0.2, 0.25) is 0 Å². The first-order valence-electron chi connectivity index (χ1n) is 5.40. The van der Waals surface area contributed by atoms with E-state index in [1.54, 1.807) is 11.4 Å². The molecule has 0 aliphatic rings. The van der Waals surface area contributed by atoms with E-state index in [1.807, 2.05) is 19.1 Å². The first kappa shape index (κ1) is 11.4. The normalized spacial score (nSPS) is 10.5. The molecular formula is C11H14N4O2. The van der Waals surface area contributed by atoms with Crippen LogP contribution >= 0.6 is 0 Å². The van der Waals surface area contributed by atoms with Crippen molar-refractivity contribution in [1.29, 1.82) is 0 Å². The minimum Gasteiger partial charge on any atom is -0.465 e. The minimum atomic E-state index is -0.290. The summed E-state index contributed by atoms with van der Waals surface area (Å²) in [5.41, 5.74) is 1.80. The molecule has 0 bridgehead atoms. The number of carbonyl (C=O) groups excluding carboxylic acids is 1. The zero-order valence-electron chi connectivity index (χ0n) is 9.80. The van der Waals surface area contributed by atoms with Crippen LogP contribution in [-0.2, 0) is 9.53 Å². The Kier molecular flexibility index (Phi) is 3.22. The van der Waals surface area contributed by atoms with Gasteiger partial charge in [-0.1, -0.05) is 0 Å². The number of aryl methyl sites for hydroxylation is 1. The number of rotatable bonds is 4. The molecule has 0 saturated heterocycles. The molecule has 6 nitrogen and oxygen atoms in total. The molecule has 0 amide bonds. The van der Waals surface area contributed by atoms with Gasteiger partial charge in [0.15, 0.2) is 5.65 Å². The molecule has 6 heteroatoms. The van der Waals surface area contributed by atoms with Crippen molar-refractivity contribution in [2.45, 2.75) is 13.8 Å². The molecule has 17 heavy (non-hydrogen) atoms. The van der Waals surface area contributed by atoms with Gasteiger partial charge in [-0.05, 0) is 31.5 Å². The van der Waals surface area contributed by atoms with Crippen molar-refractivity contribution in [3.8, 4) is 0 Å². The monoisotopic (exact) mass is 234 g/mol. The molecule has 0 aromatic carbocycles. The topological polar surface area (TPSA) is 68.5 Å². The number of hydrogen-bond acceptors (Lipinski definition) is 5. The SMILES string of the molecule is CCOC(=O)CNc1cc(C)cc2ncnn12. The predicted octanol–water partition coefficient (Wildman–Crippen LogP) is 1.01. The van der Waals surface area contributed by atoms with Crippen LogP contribution < -0.4 is 5.32 Å². The highest BCUT2D eigenvalue weighted by atomic mass is 16.5. The van der Waals surface area contributed by atoms with E-state index in [-0.39, 0.29) is 12.5 Å². The third kappa shape index (κ3) is 2.52. The van der Waals surface area contributed by atoms with Crippen molar-refractivity contribution in [3.05, 3.63) is 24.0 Å². The average Bonchev–Trinajstić information content (AvgIpc) is 2.74. The second kappa shape index (κ2) is 4.82. The largest absolute Gasteiger partial charge is 0.465 e. The molecule has 0 aliphatic carbocycles. The molecule has 2 aromatic rings. The van der Waals surface area contributed by atoms with Crippen LogP contribution in [0, 0.1) is 6.92 Å². The van der Waals surface area contributed by atoms with Crippen molar-refractivity contribution in [3.63, 3.8) is 0 Å². The third-order valence-electron chi connectivity index (χ3n) is 2.24. The van der Waals surface area contributed by atoms with Crippen LogP contribution in [-0.4, -0.2) is 33.7 Å². The molecule has 0 fully saturated rings. The molecule has 0 saturated carbocycles. The van der Waals surface area contributed by atoms with E-state index in [1.165, 1.54) is 6.33 Å². The molecule has 90 valence electrons. The molecule has 0 atom stereocenters. The first-order chi connectivity index (χ1) is 8.20. The summed E-state index contributed by atoms with van der Waals surface area (Å²) in [7, 11) is 0. The van der Waals surface area contributed by atoms with Gasteiger partial charge in [-0.25, -0.2) is 4.98 Å². The number of fused-ring (bicyclic) bond motifs is 1. The lowest BCUT2D eigenvalue weighted by Gasteiger charge is -2.08. The van der Waals surface area contributed by atoms with Crippen LogP contribution in [0.1, 0.15) is 12.5 Å². The van der Waals surface area contributed by atoms with E-state index >= 15 is 0 Å². The van der Waals surface area contributed by atoms with E-state index < -0.39 is 0 Å². The number of esters is 1. The van der Waals surface area contributed by atoms with Crippen LogP contribution in [0.15, 0.2) is 18.5 Å². The summed E-state index contributed by atoms with van der Waals surface area (Å²) in [4.78, 5) is 15.3. The van der Waals surface area contributed by atoms with Crippen LogP contribution in [0.2, 0.25) is 0 Å². The molecule has 2 aromatic heterocycles. The summed E-state index contributed by atoms with van der Waals surface area (Å²) in [5.74, 6) is 0.438. The summed E-state index contributed by atoms with van der Waals surface area (Å²) in [5, 5.41) is 7.06. The van der Waals surface area contributed by atoms with Gasteiger partial charge in [0.25, 0.3) is 0 Å². The van der Waals surface area contributed by atoms with Crippen molar-refractivity contribution < 1.29 is 9.53 Å². The van der Waals surface area contributed by atoms with Crippen LogP contribution in [0.3, 0.4) is 0 Å².